The van der Waals surface area contributed by atoms with Gasteiger partial charge in [-0.15, -0.1) is 11.3 Å². The summed E-state index contributed by atoms with van der Waals surface area (Å²) in [6, 6.07) is 15.9. The maximum Gasteiger partial charge on any atom is 0.273 e. The van der Waals surface area contributed by atoms with Crippen LogP contribution in [0, 0.1) is 0 Å². The number of anilines is 1. The Bertz CT molecular complexity index is 997. The molecule has 0 aliphatic rings. The Balaban J connectivity index is 1.70. The van der Waals surface area contributed by atoms with Gasteiger partial charge in [0.15, 0.2) is 5.82 Å². The second kappa shape index (κ2) is 5.98. The van der Waals surface area contributed by atoms with Crippen LogP contribution in [0.3, 0.4) is 0 Å². The smallest absolute Gasteiger partial charge is 0.273 e. The first-order valence-corrected chi connectivity index (χ1v) is 8.50. The van der Waals surface area contributed by atoms with Crippen molar-refractivity contribution < 1.29 is 4.79 Å². The molecule has 0 spiro atoms. The Hall–Kier alpha value is -2.86. The van der Waals surface area contributed by atoms with E-state index in [1.54, 1.807) is 28.3 Å². The molecule has 4 rings (SSSR count). The zero-order valence-corrected chi connectivity index (χ0v) is 14.0. The number of nitrogens with zero attached hydrogens (tertiary/aromatic N) is 3. The Morgan fingerprint density at radius 1 is 1.21 bits per heavy atom. The second-order valence-corrected chi connectivity index (χ2v) is 6.55. The van der Waals surface area contributed by atoms with Crippen LogP contribution in [0.1, 0.15) is 16.1 Å². The van der Waals surface area contributed by atoms with Crippen LogP contribution in [0.4, 0.5) is 5.82 Å². The number of hydrogen-bond donors (Lipinski definition) is 1. The predicted octanol–water partition coefficient (Wildman–Crippen LogP) is 3.74. The molecule has 1 N–H and O–H groups in total. The van der Waals surface area contributed by atoms with Crippen LogP contribution in [0.25, 0.3) is 10.2 Å². The molecule has 0 aliphatic heterocycles. The maximum absolute atomic E-state index is 12.7. The Morgan fingerprint density at radius 3 is 2.79 bits per heavy atom. The molecular weight excluding hydrogens is 320 g/mol. The molecule has 1 aromatic carbocycles. The molecule has 1 amide bonds. The van der Waals surface area contributed by atoms with Crippen molar-refractivity contribution in [3.05, 3.63) is 71.4 Å². The fourth-order valence-electron chi connectivity index (χ4n) is 2.76. The van der Waals surface area contributed by atoms with Crippen LogP contribution in [-0.4, -0.2) is 20.3 Å². The largest absolute Gasteiger partial charge is 0.331 e. The minimum absolute atomic E-state index is 0.145. The van der Waals surface area contributed by atoms with Crippen LogP contribution in [0.2, 0.25) is 0 Å². The van der Waals surface area contributed by atoms with Crippen LogP contribution < -0.4 is 5.32 Å². The van der Waals surface area contributed by atoms with Gasteiger partial charge in [0.1, 0.15) is 5.69 Å². The standard InChI is InChI=1S/C18H16N4OS/c1-21-9-7-17(20-21)19-18(23)15-11-16-14(8-10-24-16)22(15)12-13-5-3-2-4-6-13/h2-11H,12H2,1H3,(H,19,20,23). The van der Waals surface area contributed by atoms with Crippen molar-refractivity contribution in [1.29, 1.82) is 0 Å². The number of carbonyl (C=O) groups is 1. The Labute approximate surface area is 143 Å². The maximum atomic E-state index is 12.7. The van der Waals surface area contributed by atoms with Gasteiger partial charge in [-0.05, 0) is 23.1 Å². The van der Waals surface area contributed by atoms with Crippen molar-refractivity contribution in [3.63, 3.8) is 0 Å². The molecule has 5 nitrogen and oxygen atoms in total. The van der Waals surface area contributed by atoms with Gasteiger partial charge in [0.25, 0.3) is 5.91 Å². The van der Waals surface area contributed by atoms with E-state index in [4.69, 9.17) is 0 Å². The molecule has 0 saturated heterocycles. The van der Waals surface area contributed by atoms with Crippen molar-refractivity contribution in [3.8, 4) is 0 Å². The third kappa shape index (κ3) is 2.72. The molecule has 0 saturated carbocycles. The van der Waals surface area contributed by atoms with Crippen molar-refractivity contribution in [2.75, 3.05) is 5.32 Å². The minimum atomic E-state index is -0.145. The van der Waals surface area contributed by atoms with E-state index < -0.39 is 0 Å². The molecule has 0 atom stereocenters. The Morgan fingerprint density at radius 2 is 2.04 bits per heavy atom. The first-order chi connectivity index (χ1) is 11.7. The first kappa shape index (κ1) is 14.7. The highest BCUT2D eigenvalue weighted by Gasteiger charge is 2.17. The van der Waals surface area contributed by atoms with Gasteiger partial charge in [0.2, 0.25) is 0 Å². The summed E-state index contributed by atoms with van der Waals surface area (Å²) in [5.74, 6) is 0.409. The van der Waals surface area contributed by atoms with E-state index in [9.17, 15) is 4.79 Å². The van der Waals surface area contributed by atoms with Gasteiger partial charge < -0.3 is 9.88 Å². The molecule has 3 heterocycles. The molecule has 0 unspecified atom stereocenters. The van der Waals surface area contributed by atoms with Crippen molar-refractivity contribution in [2.24, 2.45) is 7.05 Å². The summed E-state index contributed by atoms with van der Waals surface area (Å²) in [5, 5.41) is 9.13. The monoisotopic (exact) mass is 336 g/mol. The van der Waals surface area contributed by atoms with Crippen molar-refractivity contribution in [2.45, 2.75) is 6.54 Å². The van der Waals surface area contributed by atoms with Gasteiger partial charge in [-0.1, -0.05) is 30.3 Å². The number of aryl methyl sites for hydroxylation is 1. The highest BCUT2D eigenvalue weighted by Crippen LogP contribution is 2.26. The fraction of sp³-hybridized carbons (Fsp3) is 0.111. The number of amides is 1. The molecule has 120 valence electrons. The van der Waals surface area contributed by atoms with Crippen LogP contribution in [-0.2, 0) is 13.6 Å². The minimum Gasteiger partial charge on any atom is -0.331 e. The normalized spacial score (nSPS) is 11.0. The van der Waals surface area contributed by atoms with E-state index in [0.29, 0.717) is 18.1 Å². The van der Waals surface area contributed by atoms with Crippen LogP contribution in [0.15, 0.2) is 60.1 Å². The lowest BCUT2D eigenvalue weighted by Crippen LogP contribution is -2.18. The van der Waals surface area contributed by atoms with Gasteiger partial charge in [-0.3, -0.25) is 9.48 Å². The molecular formula is C18H16N4OS. The molecule has 0 fully saturated rings. The summed E-state index contributed by atoms with van der Waals surface area (Å²) in [6.07, 6.45) is 1.80. The molecule has 6 heteroatoms. The molecule has 0 bridgehead atoms. The van der Waals surface area contributed by atoms with Crippen molar-refractivity contribution in [1.82, 2.24) is 14.3 Å². The average Bonchev–Trinajstić information content (AvgIpc) is 3.26. The number of carbonyl (C=O) groups excluding carboxylic acids is 1. The number of nitrogens with one attached hydrogen (secondary N) is 1. The molecule has 4 aromatic rings. The van der Waals surface area contributed by atoms with E-state index in [1.165, 1.54) is 0 Å². The highest BCUT2D eigenvalue weighted by atomic mass is 32.1. The predicted molar refractivity (Wildman–Crippen MR) is 96.5 cm³/mol. The quantitative estimate of drug-likeness (QED) is 0.617. The lowest BCUT2D eigenvalue weighted by Gasteiger charge is -2.10. The summed E-state index contributed by atoms with van der Waals surface area (Å²) >= 11 is 1.64. The molecule has 0 radical (unpaired) electrons. The van der Waals surface area contributed by atoms with E-state index in [-0.39, 0.29) is 5.91 Å². The van der Waals surface area contributed by atoms with Crippen LogP contribution in [0.5, 0.6) is 0 Å². The lowest BCUT2D eigenvalue weighted by atomic mass is 10.2. The Kier molecular flexibility index (Phi) is 3.66. The number of hydrogen-bond acceptors (Lipinski definition) is 3. The second-order valence-electron chi connectivity index (χ2n) is 5.60. The number of aromatic nitrogens is 3. The highest BCUT2D eigenvalue weighted by molar-refractivity contribution is 7.17. The molecule has 0 aliphatic carbocycles. The SMILES string of the molecule is Cn1ccc(NC(=O)c2cc3sccc3n2Cc2ccccc2)n1. The van der Waals surface area contributed by atoms with Crippen LogP contribution >= 0.6 is 11.3 Å². The zero-order chi connectivity index (χ0) is 16.5. The van der Waals surface area contributed by atoms with Gasteiger partial charge in [0, 0.05) is 25.9 Å². The van der Waals surface area contributed by atoms with Gasteiger partial charge in [-0.25, -0.2) is 0 Å². The zero-order valence-electron chi connectivity index (χ0n) is 13.1. The summed E-state index contributed by atoms with van der Waals surface area (Å²) in [6.45, 7) is 0.659. The first-order valence-electron chi connectivity index (χ1n) is 7.62. The number of thiophene rings is 1. The van der Waals surface area contributed by atoms with Gasteiger partial charge in [-0.2, -0.15) is 5.10 Å². The third-order valence-electron chi connectivity index (χ3n) is 3.89. The number of benzene rings is 1. The van der Waals surface area contributed by atoms with E-state index in [1.807, 2.05) is 36.7 Å². The third-order valence-corrected chi connectivity index (χ3v) is 4.75. The topological polar surface area (TPSA) is 51.9 Å². The van der Waals surface area contributed by atoms with E-state index in [2.05, 4.69) is 33.2 Å². The van der Waals surface area contributed by atoms with Crippen molar-refractivity contribution >= 4 is 33.3 Å². The molecule has 3 aromatic heterocycles. The van der Waals surface area contributed by atoms with Gasteiger partial charge >= 0.3 is 0 Å². The lowest BCUT2D eigenvalue weighted by molar-refractivity contribution is 0.101. The fourth-order valence-corrected chi connectivity index (χ4v) is 3.59. The van der Waals surface area contributed by atoms with Gasteiger partial charge in [0.05, 0.1) is 10.2 Å². The summed E-state index contributed by atoms with van der Waals surface area (Å²) in [4.78, 5) is 12.7. The average molecular weight is 336 g/mol. The number of fused-ring (bicyclic) bond motifs is 1. The molecule has 24 heavy (non-hydrogen) atoms. The van der Waals surface area contributed by atoms with E-state index >= 15 is 0 Å². The van der Waals surface area contributed by atoms with E-state index in [0.717, 1.165) is 15.8 Å². The summed E-state index contributed by atoms with van der Waals surface area (Å²) in [7, 11) is 1.82. The summed E-state index contributed by atoms with van der Waals surface area (Å²) < 4.78 is 4.83. The summed E-state index contributed by atoms with van der Waals surface area (Å²) in [5.41, 5.74) is 2.88. The number of rotatable bonds is 4.